The second-order valence-corrected chi connectivity index (χ2v) is 14.8. The Bertz CT molecular complexity index is 1400. The number of carbonyl (C=O) groups is 2. The summed E-state index contributed by atoms with van der Waals surface area (Å²) in [5.41, 5.74) is -4.14. The first-order chi connectivity index (χ1) is 23.0. The van der Waals surface area contributed by atoms with Gasteiger partial charge in [-0.05, 0) is 37.9 Å². The van der Waals surface area contributed by atoms with Gasteiger partial charge in [0.2, 0.25) is 0 Å². The van der Waals surface area contributed by atoms with Gasteiger partial charge >= 0.3 is 11.9 Å². The quantitative estimate of drug-likeness (QED) is 0.330. The molecule has 0 amide bonds. The zero-order chi connectivity index (χ0) is 34.4. The number of nitrogens with zero attached hydrogens (tertiary/aromatic N) is 1. The van der Waals surface area contributed by atoms with Gasteiger partial charge in [-0.3, -0.25) is 9.69 Å². The lowest BCUT2D eigenvalue weighted by molar-refractivity contribution is -0.330. The number of ether oxygens (including phenoxy) is 7. The predicted octanol–water partition coefficient (Wildman–Crippen LogP) is 1.69. The topological polar surface area (TPSA) is 142 Å². The molecule has 2 N–H and O–H groups in total. The molecule has 1 saturated heterocycles. The van der Waals surface area contributed by atoms with Crippen LogP contribution >= 0.6 is 0 Å². The minimum Gasteiger partial charge on any atom is -0.462 e. The SMILES string of the molecule is CCO[C@@]12C3C4N(CC)C[C@@]5(COC)C([C@H]3OC)C4([C@@H](OC)C[C@H]5OC(C)=O)[C@@H]3C[C@@](O)([C@H](OC(=O)c4ccccc4)C31)[C@@H](OC)[C@@H]2O. The van der Waals surface area contributed by atoms with Crippen molar-refractivity contribution in [2.75, 3.05) is 54.7 Å². The van der Waals surface area contributed by atoms with Gasteiger partial charge in [0.1, 0.15) is 35.6 Å². The van der Waals surface area contributed by atoms with E-state index in [1.165, 1.54) is 14.0 Å². The highest BCUT2D eigenvalue weighted by molar-refractivity contribution is 5.89. The van der Waals surface area contributed by atoms with Crippen molar-refractivity contribution in [3.05, 3.63) is 35.9 Å². The van der Waals surface area contributed by atoms with E-state index in [9.17, 15) is 19.8 Å². The number of likely N-dealkylation sites (tertiary alicyclic amines) is 1. The van der Waals surface area contributed by atoms with Crippen LogP contribution in [-0.4, -0.2) is 136 Å². The van der Waals surface area contributed by atoms with E-state index in [1.807, 2.05) is 13.0 Å². The lowest BCUT2D eigenvalue weighted by Crippen LogP contribution is -2.81. The van der Waals surface area contributed by atoms with Crippen molar-refractivity contribution in [2.45, 2.75) is 87.5 Å². The van der Waals surface area contributed by atoms with Crippen molar-refractivity contribution in [1.29, 1.82) is 0 Å². The molecule has 0 aromatic heterocycles. The molecule has 5 unspecified atom stereocenters. The van der Waals surface area contributed by atoms with E-state index in [1.54, 1.807) is 45.6 Å². The van der Waals surface area contributed by atoms with E-state index in [2.05, 4.69) is 11.8 Å². The van der Waals surface area contributed by atoms with Gasteiger partial charge in [-0.25, -0.2) is 4.79 Å². The highest BCUT2D eigenvalue weighted by atomic mass is 16.6. The average Bonchev–Trinajstić information content (AvgIpc) is 3.44. The number of methoxy groups -OCH3 is 4. The number of hydrogen-bond donors (Lipinski definition) is 2. The maximum absolute atomic E-state index is 13.8. The van der Waals surface area contributed by atoms with Crippen molar-refractivity contribution in [2.24, 2.45) is 34.5 Å². The van der Waals surface area contributed by atoms with Crippen LogP contribution in [0.2, 0.25) is 0 Å². The molecule has 5 aliphatic carbocycles. The normalized spacial score (nSPS) is 48.3. The highest BCUT2D eigenvalue weighted by Crippen LogP contribution is 2.80. The fourth-order valence-corrected chi connectivity index (χ4v) is 12.7. The first kappa shape index (κ1) is 34.3. The van der Waals surface area contributed by atoms with Crippen molar-refractivity contribution in [3.8, 4) is 0 Å². The summed E-state index contributed by atoms with van der Waals surface area (Å²) >= 11 is 0. The van der Waals surface area contributed by atoms with Gasteiger partial charge in [0.05, 0.1) is 24.4 Å². The minimum absolute atomic E-state index is 0.170. The molecular weight excluding hydrogens is 622 g/mol. The van der Waals surface area contributed by atoms with Crippen molar-refractivity contribution in [3.63, 3.8) is 0 Å². The third-order valence-electron chi connectivity index (χ3n) is 13.5. The molecule has 6 fully saturated rings. The maximum atomic E-state index is 13.8. The second kappa shape index (κ2) is 12.0. The van der Waals surface area contributed by atoms with Crippen LogP contribution in [0.1, 0.15) is 44.0 Å². The minimum atomic E-state index is -1.74. The molecular formula is C36H51NO11. The van der Waals surface area contributed by atoms with Crippen LogP contribution in [0, 0.1) is 34.5 Å². The monoisotopic (exact) mass is 673 g/mol. The van der Waals surface area contributed by atoms with Gasteiger partial charge in [0.15, 0.2) is 0 Å². The van der Waals surface area contributed by atoms with Crippen molar-refractivity contribution >= 4 is 11.9 Å². The van der Waals surface area contributed by atoms with Gasteiger partial charge in [0.25, 0.3) is 0 Å². The molecule has 266 valence electrons. The lowest BCUT2D eigenvalue weighted by Gasteiger charge is -2.70. The Balaban J connectivity index is 1.51. The third-order valence-corrected chi connectivity index (χ3v) is 13.5. The Kier molecular flexibility index (Phi) is 8.55. The average molecular weight is 674 g/mol. The Morgan fingerprint density at radius 2 is 1.69 bits per heavy atom. The molecule has 5 saturated carbocycles. The summed E-state index contributed by atoms with van der Waals surface area (Å²) in [6.07, 6.45) is -4.37. The van der Waals surface area contributed by atoms with Crippen LogP contribution in [-0.2, 0) is 38.0 Å². The molecule has 15 atom stereocenters. The third kappa shape index (κ3) is 4.00. The molecule has 1 aromatic rings. The van der Waals surface area contributed by atoms with Crippen LogP contribution in [0.3, 0.4) is 0 Å². The molecule has 7 rings (SSSR count). The number of benzene rings is 1. The Hall–Kier alpha value is -2.16. The molecule has 1 spiro atoms. The number of aliphatic hydroxyl groups excluding tert-OH is 1. The van der Waals surface area contributed by atoms with Gasteiger partial charge < -0.3 is 43.4 Å². The first-order valence-electron chi connectivity index (χ1n) is 17.3. The number of fused-ring (bicyclic) bond motifs is 2. The zero-order valence-corrected chi connectivity index (χ0v) is 29.0. The van der Waals surface area contributed by atoms with E-state index in [4.69, 9.17) is 33.2 Å². The highest BCUT2D eigenvalue weighted by Gasteiger charge is 2.91. The van der Waals surface area contributed by atoms with Crippen molar-refractivity contribution < 1.29 is 53.0 Å². The Morgan fingerprint density at radius 3 is 2.27 bits per heavy atom. The number of rotatable bonds is 11. The summed E-state index contributed by atoms with van der Waals surface area (Å²) in [4.78, 5) is 28.9. The fraction of sp³-hybridized carbons (Fsp3) is 0.778. The van der Waals surface area contributed by atoms with E-state index < -0.39 is 76.5 Å². The Morgan fingerprint density at radius 1 is 0.958 bits per heavy atom. The molecule has 0 radical (unpaired) electrons. The number of aliphatic hydroxyl groups is 2. The van der Waals surface area contributed by atoms with E-state index in [-0.39, 0.29) is 36.9 Å². The summed E-state index contributed by atoms with van der Waals surface area (Å²) in [7, 11) is 6.51. The smallest absolute Gasteiger partial charge is 0.338 e. The van der Waals surface area contributed by atoms with Gasteiger partial charge in [-0.2, -0.15) is 0 Å². The van der Waals surface area contributed by atoms with Crippen LogP contribution in [0.5, 0.6) is 0 Å². The summed E-state index contributed by atoms with van der Waals surface area (Å²) in [6.45, 7) is 7.20. The van der Waals surface area contributed by atoms with Gasteiger partial charge in [0, 0.05) is 89.6 Å². The Labute approximate surface area is 282 Å². The number of piperidine rings is 1. The number of hydrogen-bond acceptors (Lipinski definition) is 12. The van der Waals surface area contributed by atoms with Crippen LogP contribution < -0.4 is 0 Å². The number of carbonyl (C=O) groups excluding carboxylic acids is 2. The molecule has 12 nitrogen and oxygen atoms in total. The summed E-state index contributed by atoms with van der Waals surface area (Å²) in [5.74, 6) is -2.72. The standard InChI is InChI=1S/C36H51NO11/c1-8-37-17-33(18-42-4)22(47-19(3)38)15-23(43-5)35-21-16-34(41)30(48-32(40)20-13-11-10-12-14-20)24(21)36(46-9-2,29(39)31(34)45-7)25(28(35)37)26(44-6)27(33)35/h10-14,21-31,39,41H,8-9,15-18H2,1-7H3/t21-,22-,23+,24?,25?,26+,27?,28?,29+,30-,31+,33+,34-,35?,36-/m1/s1. The predicted molar refractivity (Wildman–Crippen MR) is 170 cm³/mol. The molecule has 48 heavy (non-hydrogen) atoms. The van der Waals surface area contributed by atoms with Crippen LogP contribution in [0.15, 0.2) is 30.3 Å². The van der Waals surface area contributed by atoms with Crippen LogP contribution in [0.25, 0.3) is 0 Å². The van der Waals surface area contributed by atoms with Crippen molar-refractivity contribution in [1.82, 2.24) is 4.90 Å². The summed E-state index contributed by atoms with van der Waals surface area (Å²) < 4.78 is 44.7. The van der Waals surface area contributed by atoms with Crippen LogP contribution in [0.4, 0.5) is 0 Å². The fourth-order valence-electron chi connectivity index (χ4n) is 12.7. The van der Waals surface area contributed by atoms with Gasteiger partial charge in [-0.15, -0.1) is 0 Å². The number of esters is 2. The molecule has 1 aromatic carbocycles. The summed E-state index contributed by atoms with van der Waals surface area (Å²) in [6, 6.07) is 8.51. The van der Waals surface area contributed by atoms with Gasteiger partial charge in [-0.1, -0.05) is 25.1 Å². The molecule has 7 bridgehead atoms. The second-order valence-electron chi connectivity index (χ2n) is 14.8. The van der Waals surface area contributed by atoms with E-state index >= 15 is 0 Å². The molecule has 6 aliphatic rings. The zero-order valence-electron chi connectivity index (χ0n) is 29.0. The molecule has 1 aliphatic heterocycles. The van der Waals surface area contributed by atoms with E-state index in [0.29, 0.717) is 31.7 Å². The summed E-state index contributed by atoms with van der Waals surface area (Å²) in [5, 5.41) is 25.5. The molecule has 1 heterocycles. The lowest BCUT2D eigenvalue weighted by atomic mass is 9.42. The largest absolute Gasteiger partial charge is 0.462 e. The van der Waals surface area contributed by atoms with E-state index in [0.717, 1.165) is 0 Å². The molecule has 12 heteroatoms. The first-order valence-corrected chi connectivity index (χ1v) is 17.3. The maximum Gasteiger partial charge on any atom is 0.338 e.